The third-order valence-electron chi connectivity index (χ3n) is 3.89. The van der Waals surface area contributed by atoms with Gasteiger partial charge in [0.15, 0.2) is 0 Å². The van der Waals surface area contributed by atoms with Crippen LogP contribution in [0.15, 0.2) is 11.6 Å². The molecule has 2 aliphatic rings. The van der Waals surface area contributed by atoms with E-state index in [0.29, 0.717) is 19.5 Å². The number of rotatable bonds is 1. The highest BCUT2D eigenvalue weighted by molar-refractivity contribution is 5.82. The zero-order chi connectivity index (χ0) is 13.3. The molecule has 1 saturated heterocycles. The second-order valence-corrected chi connectivity index (χ2v) is 6.36. The van der Waals surface area contributed by atoms with Gasteiger partial charge in [0.1, 0.15) is 0 Å². The van der Waals surface area contributed by atoms with Gasteiger partial charge in [0.05, 0.1) is 12.1 Å². The van der Waals surface area contributed by atoms with Crippen LogP contribution in [0, 0.1) is 5.41 Å². The van der Waals surface area contributed by atoms with Crippen LogP contribution in [0.4, 0.5) is 0 Å². The summed E-state index contributed by atoms with van der Waals surface area (Å²) >= 11 is 0. The Morgan fingerprint density at radius 1 is 1.50 bits per heavy atom. The number of β-amino-alcohol motifs (C(OH)–C–C–N with tert-alkyl or cyclic N) is 1. The molecule has 2 atom stereocenters. The van der Waals surface area contributed by atoms with Crippen molar-refractivity contribution in [2.45, 2.75) is 45.8 Å². The van der Waals surface area contributed by atoms with Gasteiger partial charge in [0.25, 0.3) is 0 Å². The maximum Gasteiger partial charge on any atom is 0.240 e. The zero-order valence-electron chi connectivity index (χ0n) is 11.6. The van der Waals surface area contributed by atoms with E-state index in [1.54, 1.807) is 0 Å². The van der Waals surface area contributed by atoms with E-state index in [1.165, 1.54) is 5.57 Å². The molecule has 2 N–H and O–H groups in total. The fourth-order valence-corrected chi connectivity index (χ4v) is 2.68. The van der Waals surface area contributed by atoms with E-state index < -0.39 is 0 Å². The van der Waals surface area contributed by atoms with E-state index >= 15 is 0 Å². The fraction of sp³-hybridized carbons (Fsp3) is 0.786. The smallest absolute Gasteiger partial charge is 0.240 e. The Balaban J connectivity index is 1.93. The number of amides is 1. The van der Waals surface area contributed by atoms with Gasteiger partial charge in [0, 0.05) is 19.6 Å². The highest BCUT2D eigenvalue weighted by Crippen LogP contribution is 2.30. The molecule has 0 radical (unpaired) electrons. The van der Waals surface area contributed by atoms with Gasteiger partial charge < -0.3 is 15.3 Å². The summed E-state index contributed by atoms with van der Waals surface area (Å²) in [6.07, 6.45) is 3.33. The Morgan fingerprint density at radius 2 is 2.22 bits per heavy atom. The molecule has 2 rings (SSSR count). The molecule has 1 fully saturated rings. The molecule has 0 aromatic carbocycles. The first-order valence-corrected chi connectivity index (χ1v) is 6.77. The Morgan fingerprint density at radius 3 is 2.67 bits per heavy atom. The van der Waals surface area contributed by atoms with Gasteiger partial charge in [-0.3, -0.25) is 4.79 Å². The summed E-state index contributed by atoms with van der Waals surface area (Å²) in [7, 11) is 0. The lowest BCUT2D eigenvalue weighted by molar-refractivity contribution is -0.133. The third kappa shape index (κ3) is 2.93. The standard InChI is InChI=1S/C14H24N2O2/c1-14(2,3)10-4-6-16(7-5-10)13(18)12-8-11(17)9-15-12/h4,11-12,15,17H,5-9H2,1-3H3. The summed E-state index contributed by atoms with van der Waals surface area (Å²) in [5.41, 5.74) is 1.64. The SMILES string of the molecule is CC(C)(C)C1=CCN(C(=O)C2CC(O)CN2)CC1. The van der Waals surface area contributed by atoms with Crippen LogP contribution in [0.1, 0.15) is 33.6 Å². The molecule has 0 aliphatic carbocycles. The van der Waals surface area contributed by atoms with Gasteiger partial charge in [-0.2, -0.15) is 0 Å². The number of carbonyl (C=O) groups excluding carboxylic acids is 1. The van der Waals surface area contributed by atoms with Gasteiger partial charge in [-0.1, -0.05) is 32.4 Å². The molecule has 102 valence electrons. The highest BCUT2D eigenvalue weighted by atomic mass is 16.3. The van der Waals surface area contributed by atoms with E-state index in [1.807, 2.05) is 4.90 Å². The van der Waals surface area contributed by atoms with Crippen molar-refractivity contribution in [1.29, 1.82) is 0 Å². The topological polar surface area (TPSA) is 52.6 Å². The maximum atomic E-state index is 12.2. The molecule has 0 saturated carbocycles. The fourth-order valence-electron chi connectivity index (χ4n) is 2.68. The van der Waals surface area contributed by atoms with Crippen molar-refractivity contribution >= 4 is 5.91 Å². The molecular weight excluding hydrogens is 228 g/mol. The summed E-state index contributed by atoms with van der Waals surface area (Å²) in [5, 5.41) is 12.5. The van der Waals surface area contributed by atoms with Gasteiger partial charge in [-0.05, 0) is 18.3 Å². The minimum absolute atomic E-state index is 0.135. The second-order valence-electron chi connectivity index (χ2n) is 6.36. The average Bonchev–Trinajstić information content (AvgIpc) is 2.74. The quantitative estimate of drug-likeness (QED) is 0.682. The maximum absolute atomic E-state index is 12.2. The number of carbonyl (C=O) groups is 1. The van der Waals surface area contributed by atoms with E-state index in [9.17, 15) is 9.90 Å². The van der Waals surface area contributed by atoms with Crippen molar-refractivity contribution in [3.63, 3.8) is 0 Å². The number of hydrogen-bond donors (Lipinski definition) is 2. The molecule has 2 aliphatic heterocycles. The van der Waals surface area contributed by atoms with Crippen molar-refractivity contribution in [3.05, 3.63) is 11.6 Å². The van der Waals surface area contributed by atoms with Crippen molar-refractivity contribution in [2.24, 2.45) is 5.41 Å². The number of nitrogens with one attached hydrogen (secondary N) is 1. The van der Waals surface area contributed by atoms with E-state index in [4.69, 9.17) is 0 Å². The molecule has 2 heterocycles. The summed E-state index contributed by atoms with van der Waals surface area (Å²) in [5.74, 6) is 0.135. The molecule has 0 spiro atoms. The van der Waals surface area contributed by atoms with Crippen LogP contribution >= 0.6 is 0 Å². The van der Waals surface area contributed by atoms with Gasteiger partial charge >= 0.3 is 0 Å². The van der Waals surface area contributed by atoms with Crippen LogP contribution in [0.5, 0.6) is 0 Å². The normalized spacial score (nSPS) is 29.3. The average molecular weight is 252 g/mol. The molecule has 0 bridgehead atoms. The van der Waals surface area contributed by atoms with Gasteiger partial charge in [-0.25, -0.2) is 0 Å². The lowest BCUT2D eigenvalue weighted by atomic mass is 9.83. The Labute approximate surface area is 109 Å². The number of aliphatic hydroxyl groups is 1. The number of nitrogens with zero attached hydrogens (tertiary/aromatic N) is 1. The second kappa shape index (κ2) is 5.02. The summed E-state index contributed by atoms with van der Waals surface area (Å²) in [6.45, 7) is 8.69. The minimum Gasteiger partial charge on any atom is -0.392 e. The van der Waals surface area contributed by atoms with Crippen molar-refractivity contribution < 1.29 is 9.90 Å². The van der Waals surface area contributed by atoms with Crippen LogP contribution in [0.25, 0.3) is 0 Å². The van der Waals surface area contributed by atoms with E-state index in [-0.39, 0.29) is 23.5 Å². The van der Waals surface area contributed by atoms with Crippen LogP contribution < -0.4 is 5.32 Å². The number of aliphatic hydroxyl groups excluding tert-OH is 1. The zero-order valence-corrected chi connectivity index (χ0v) is 11.6. The predicted molar refractivity (Wildman–Crippen MR) is 71.1 cm³/mol. The van der Waals surface area contributed by atoms with Crippen molar-refractivity contribution in [1.82, 2.24) is 10.2 Å². The Hall–Kier alpha value is -0.870. The van der Waals surface area contributed by atoms with Gasteiger partial charge in [-0.15, -0.1) is 0 Å². The molecule has 18 heavy (non-hydrogen) atoms. The molecular formula is C14H24N2O2. The summed E-state index contributed by atoms with van der Waals surface area (Å²) in [6, 6.07) is -0.190. The van der Waals surface area contributed by atoms with Crippen LogP contribution in [-0.2, 0) is 4.79 Å². The molecule has 1 amide bonds. The lowest BCUT2D eigenvalue weighted by Gasteiger charge is -2.33. The molecule has 0 aromatic rings. The molecule has 0 aromatic heterocycles. The van der Waals surface area contributed by atoms with E-state index in [2.05, 4.69) is 32.2 Å². The largest absolute Gasteiger partial charge is 0.392 e. The Bertz CT molecular complexity index is 357. The molecule has 2 unspecified atom stereocenters. The first-order valence-electron chi connectivity index (χ1n) is 6.77. The molecule has 4 nitrogen and oxygen atoms in total. The third-order valence-corrected chi connectivity index (χ3v) is 3.89. The minimum atomic E-state index is -0.371. The summed E-state index contributed by atoms with van der Waals surface area (Å²) in [4.78, 5) is 14.1. The predicted octanol–water partition coefficient (Wildman–Crippen LogP) is 0.914. The molecule has 4 heteroatoms. The van der Waals surface area contributed by atoms with E-state index in [0.717, 1.165) is 13.0 Å². The van der Waals surface area contributed by atoms with Crippen LogP contribution in [-0.4, -0.2) is 47.7 Å². The van der Waals surface area contributed by atoms with Crippen molar-refractivity contribution in [2.75, 3.05) is 19.6 Å². The van der Waals surface area contributed by atoms with Crippen molar-refractivity contribution in [3.8, 4) is 0 Å². The van der Waals surface area contributed by atoms with Crippen LogP contribution in [0.3, 0.4) is 0 Å². The first kappa shape index (κ1) is 13.6. The lowest BCUT2D eigenvalue weighted by Crippen LogP contribution is -2.45. The van der Waals surface area contributed by atoms with Gasteiger partial charge in [0.2, 0.25) is 5.91 Å². The first-order chi connectivity index (χ1) is 8.38. The number of hydrogen-bond acceptors (Lipinski definition) is 3. The summed E-state index contributed by atoms with van der Waals surface area (Å²) < 4.78 is 0. The highest BCUT2D eigenvalue weighted by Gasteiger charge is 2.32. The Kier molecular flexibility index (Phi) is 3.78. The van der Waals surface area contributed by atoms with Crippen LogP contribution in [0.2, 0.25) is 0 Å². The monoisotopic (exact) mass is 252 g/mol.